The largest absolute Gasteiger partial charge is 0.371 e. The van der Waals surface area contributed by atoms with Crippen LogP contribution in [0, 0.1) is 0 Å². The molecular formula is C12H21N3O2S. The maximum Gasteiger partial charge on any atom is 0.242 e. The van der Waals surface area contributed by atoms with Crippen LogP contribution in [0.1, 0.15) is 6.92 Å². The van der Waals surface area contributed by atoms with Gasteiger partial charge < -0.3 is 10.6 Å². The van der Waals surface area contributed by atoms with Gasteiger partial charge in [-0.1, -0.05) is 0 Å². The standard InChI is InChI=1S/C12H21N3O2S/c1-10(9-13)15(4)11-5-7-12(8-6-11)18(16,17)14(2)3/h5-8,10H,9,13H2,1-4H3. The zero-order chi connectivity index (χ0) is 13.9. The molecule has 1 atom stereocenters. The zero-order valence-corrected chi connectivity index (χ0v) is 12.1. The first-order valence-corrected chi connectivity index (χ1v) is 7.20. The van der Waals surface area contributed by atoms with Gasteiger partial charge >= 0.3 is 0 Å². The zero-order valence-electron chi connectivity index (χ0n) is 11.3. The van der Waals surface area contributed by atoms with Crippen molar-refractivity contribution in [3.63, 3.8) is 0 Å². The van der Waals surface area contributed by atoms with E-state index in [1.54, 1.807) is 24.3 Å². The molecule has 5 nitrogen and oxygen atoms in total. The van der Waals surface area contributed by atoms with Crippen molar-refractivity contribution in [1.82, 2.24) is 4.31 Å². The molecular weight excluding hydrogens is 250 g/mol. The molecule has 18 heavy (non-hydrogen) atoms. The van der Waals surface area contributed by atoms with Gasteiger partial charge in [0, 0.05) is 39.4 Å². The van der Waals surface area contributed by atoms with Gasteiger partial charge in [-0.15, -0.1) is 0 Å². The van der Waals surface area contributed by atoms with Gasteiger partial charge in [0.15, 0.2) is 0 Å². The first kappa shape index (κ1) is 14.9. The molecule has 0 aromatic heterocycles. The Hall–Kier alpha value is -1.11. The van der Waals surface area contributed by atoms with Crippen molar-refractivity contribution in [3.8, 4) is 0 Å². The quantitative estimate of drug-likeness (QED) is 0.857. The number of nitrogens with zero attached hydrogens (tertiary/aromatic N) is 2. The molecule has 0 aliphatic heterocycles. The Morgan fingerprint density at radius 3 is 2.06 bits per heavy atom. The van der Waals surface area contributed by atoms with E-state index in [0.717, 1.165) is 5.69 Å². The third-order valence-corrected chi connectivity index (χ3v) is 4.85. The summed E-state index contributed by atoms with van der Waals surface area (Å²) < 4.78 is 25.0. The smallest absolute Gasteiger partial charge is 0.242 e. The molecule has 6 heteroatoms. The number of sulfonamides is 1. The lowest BCUT2D eigenvalue weighted by atomic mass is 10.2. The van der Waals surface area contributed by atoms with E-state index in [4.69, 9.17) is 5.73 Å². The summed E-state index contributed by atoms with van der Waals surface area (Å²) >= 11 is 0. The van der Waals surface area contributed by atoms with Crippen molar-refractivity contribution in [2.24, 2.45) is 5.73 Å². The first-order chi connectivity index (χ1) is 8.30. The van der Waals surface area contributed by atoms with E-state index in [0.29, 0.717) is 11.4 Å². The lowest BCUT2D eigenvalue weighted by molar-refractivity contribution is 0.521. The third kappa shape index (κ3) is 3.01. The predicted octanol–water partition coefficient (Wildman–Crippen LogP) is 0.720. The van der Waals surface area contributed by atoms with Crippen LogP contribution in [-0.4, -0.2) is 46.5 Å². The molecule has 0 heterocycles. The predicted molar refractivity (Wildman–Crippen MR) is 74.2 cm³/mol. The average Bonchev–Trinajstić information content (AvgIpc) is 2.36. The number of hydrogen-bond acceptors (Lipinski definition) is 4. The number of nitrogens with two attached hydrogens (primary N) is 1. The highest BCUT2D eigenvalue weighted by molar-refractivity contribution is 7.89. The fraction of sp³-hybridized carbons (Fsp3) is 0.500. The third-order valence-electron chi connectivity index (χ3n) is 3.02. The van der Waals surface area contributed by atoms with E-state index in [2.05, 4.69) is 0 Å². The summed E-state index contributed by atoms with van der Waals surface area (Å²) in [7, 11) is 1.62. The van der Waals surface area contributed by atoms with Gasteiger partial charge in [-0.3, -0.25) is 0 Å². The van der Waals surface area contributed by atoms with Crippen LogP contribution in [0.15, 0.2) is 29.2 Å². The normalized spacial score (nSPS) is 13.7. The van der Waals surface area contributed by atoms with Crippen LogP contribution >= 0.6 is 0 Å². The van der Waals surface area contributed by atoms with E-state index < -0.39 is 10.0 Å². The Bertz CT molecular complexity index is 483. The average molecular weight is 271 g/mol. The molecule has 0 saturated heterocycles. The number of rotatable bonds is 5. The maximum atomic E-state index is 11.9. The maximum absolute atomic E-state index is 11.9. The second kappa shape index (κ2) is 5.69. The van der Waals surface area contributed by atoms with Crippen LogP contribution < -0.4 is 10.6 Å². The fourth-order valence-corrected chi connectivity index (χ4v) is 2.38. The van der Waals surface area contributed by atoms with Crippen LogP contribution in [-0.2, 0) is 10.0 Å². The highest BCUT2D eigenvalue weighted by Gasteiger charge is 2.17. The highest BCUT2D eigenvalue weighted by Crippen LogP contribution is 2.19. The van der Waals surface area contributed by atoms with Crippen molar-refractivity contribution in [1.29, 1.82) is 0 Å². The fourth-order valence-electron chi connectivity index (χ4n) is 1.48. The molecule has 0 radical (unpaired) electrons. The van der Waals surface area contributed by atoms with Crippen molar-refractivity contribution in [2.75, 3.05) is 32.6 Å². The van der Waals surface area contributed by atoms with Crippen LogP contribution in [0.2, 0.25) is 0 Å². The Morgan fingerprint density at radius 2 is 1.67 bits per heavy atom. The highest BCUT2D eigenvalue weighted by atomic mass is 32.2. The van der Waals surface area contributed by atoms with E-state index in [9.17, 15) is 8.42 Å². The van der Waals surface area contributed by atoms with Crippen LogP contribution in [0.5, 0.6) is 0 Å². The van der Waals surface area contributed by atoms with Crippen LogP contribution in [0.3, 0.4) is 0 Å². The summed E-state index contributed by atoms with van der Waals surface area (Å²) in [5.41, 5.74) is 6.55. The lowest BCUT2D eigenvalue weighted by Gasteiger charge is -2.26. The molecule has 0 aliphatic carbocycles. The SMILES string of the molecule is CC(CN)N(C)c1ccc(S(=O)(=O)N(C)C)cc1. The van der Waals surface area contributed by atoms with Gasteiger partial charge in [0.25, 0.3) is 0 Å². The Kier molecular flexibility index (Phi) is 4.72. The number of likely N-dealkylation sites (N-methyl/N-ethyl adjacent to an activating group) is 1. The molecule has 1 unspecified atom stereocenters. The minimum atomic E-state index is -3.36. The van der Waals surface area contributed by atoms with Gasteiger partial charge in [0.2, 0.25) is 10.0 Å². The van der Waals surface area contributed by atoms with E-state index in [1.807, 2.05) is 18.9 Å². The summed E-state index contributed by atoms with van der Waals surface area (Å²) in [5, 5.41) is 0. The Morgan fingerprint density at radius 1 is 1.17 bits per heavy atom. The minimum absolute atomic E-state index is 0.210. The van der Waals surface area contributed by atoms with Crippen molar-refractivity contribution in [3.05, 3.63) is 24.3 Å². The summed E-state index contributed by atoms with van der Waals surface area (Å²) in [6.45, 7) is 2.57. The molecule has 0 saturated carbocycles. The van der Waals surface area contributed by atoms with Crippen LogP contribution in [0.25, 0.3) is 0 Å². The van der Waals surface area contributed by atoms with E-state index in [-0.39, 0.29) is 6.04 Å². The molecule has 0 bridgehead atoms. The van der Waals surface area contributed by atoms with Gasteiger partial charge in [0.05, 0.1) is 4.90 Å². The van der Waals surface area contributed by atoms with Crippen molar-refractivity contribution >= 4 is 15.7 Å². The molecule has 2 N–H and O–H groups in total. The summed E-state index contributed by atoms with van der Waals surface area (Å²) in [6.07, 6.45) is 0. The monoisotopic (exact) mass is 271 g/mol. The number of hydrogen-bond donors (Lipinski definition) is 1. The molecule has 0 aliphatic rings. The van der Waals surface area contributed by atoms with Gasteiger partial charge in [0.1, 0.15) is 0 Å². The second-order valence-electron chi connectivity index (χ2n) is 4.48. The molecule has 0 spiro atoms. The van der Waals surface area contributed by atoms with Gasteiger partial charge in [-0.25, -0.2) is 12.7 Å². The molecule has 1 rings (SSSR count). The van der Waals surface area contributed by atoms with Crippen LogP contribution in [0.4, 0.5) is 5.69 Å². The van der Waals surface area contributed by atoms with Gasteiger partial charge in [-0.05, 0) is 31.2 Å². The number of benzene rings is 1. The summed E-state index contributed by atoms with van der Waals surface area (Å²) in [4.78, 5) is 2.32. The summed E-state index contributed by atoms with van der Waals surface area (Å²) in [5.74, 6) is 0. The Balaban J connectivity index is 3.01. The molecule has 0 amide bonds. The van der Waals surface area contributed by atoms with E-state index in [1.165, 1.54) is 18.4 Å². The topological polar surface area (TPSA) is 66.6 Å². The van der Waals surface area contributed by atoms with Crippen molar-refractivity contribution < 1.29 is 8.42 Å². The second-order valence-corrected chi connectivity index (χ2v) is 6.63. The minimum Gasteiger partial charge on any atom is -0.371 e. The van der Waals surface area contributed by atoms with E-state index >= 15 is 0 Å². The first-order valence-electron chi connectivity index (χ1n) is 5.76. The lowest BCUT2D eigenvalue weighted by Crippen LogP contribution is -2.35. The molecule has 0 fully saturated rings. The molecule has 1 aromatic rings. The number of anilines is 1. The van der Waals surface area contributed by atoms with Crippen molar-refractivity contribution in [2.45, 2.75) is 17.9 Å². The van der Waals surface area contributed by atoms with Gasteiger partial charge in [-0.2, -0.15) is 0 Å². The summed E-state index contributed by atoms with van der Waals surface area (Å²) in [6, 6.07) is 7.03. The molecule has 102 valence electrons. The molecule has 1 aromatic carbocycles. The Labute approximate surface area is 109 Å².